The molecule has 0 fully saturated rings. The van der Waals surface area contributed by atoms with E-state index in [4.69, 9.17) is 4.52 Å². The highest BCUT2D eigenvalue weighted by molar-refractivity contribution is 4.87. The topological polar surface area (TPSA) is 54.2 Å². The van der Waals surface area contributed by atoms with Crippen LogP contribution in [0.5, 0.6) is 0 Å². The molecule has 0 aromatic carbocycles. The molecule has 1 heterocycles. The van der Waals surface area contributed by atoms with Gasteiger partial charge in [-0.2, -0.15) is 4.98 Å². The first-order chi connectivity index (χ1) is 8.65. The molecule has 0 saturated heterocycles. The van der Waals surface area contributed by atoms with Crippen LogP contribution in [0.1, 0.15) is 39.4 Å². The lowest BCUT2D eigenvalue weighted by Gasteiger charge is -2.16. The monoisotopic (exact) mass is 254 g/mol. The molecule has 0 bridgehead atoms. The average Bonchev–Trinajstić information content (AvgIpc) is 2.78. The van der Waals surface area contributed by atoms with E-state index in [0.717, 1.165) is 38.4 Å². The van der Waals surface area contributed by atoms with Crippen LogP contribution in [0.15, 0.2) is 4.52 Å². The van der Waals surface area contributed by atoms with Gasteiger partial charge in [-0.3, -0.25) is 0 Å². The number of likely N-dealkylation sites (N-methyl/N-ethyl adjacent to an activating group) is 1. The molecule has 1 rings (SSSR count). The van der Waals surface area contributed by atoms with Crippen LogP contribution in [0.4, 0.5) is 0 Å². The first-order valence-corrected chi connectivity index (χ1v) is 6.90. The van der Waals surface area contributed by atoms with Crippen molar-refractivity contribution >= 4 is 0 Å². The van der Waals surface area contributed by atoms with Crippen molar-refractivity contribution in [2.24, 2.45) is 5.92 Å². The summed E-state index contributed by atoms with van der Waals surface area (Å²) in [5.74, 6) is 2.13. The molecule has 5 nitrogen and oxygen atoms in total. The highest BCUT2D eigenvalue weighted by Crippen LogP contribution is 2.00. The fourth-order valence-corrected chi connectivity index (χ4v) is 1.73. The molecule has 0 saturated carbocycles. The van der Waals surface area contributed by atoms with Gasteiger partial charge >= 0.3 is 0 Å². The maximum atomic E-state index is 5.20. The summed E-state index contributed by atoms with van der Waals surface area (Å²) < 4.78 is 5.20. The van der Waals surface area contributed by atoms with Gasteiger partial charge in [0.25, 0.3) is 0 Å². The van der Waals surface area contributed by atoms with Crippen molar-refractivity contribution in [1.82, 2.24) is 20.4 Å². The molecule has 1 N–H and O–H groups in total. The minimum Gasteiger partial charge on any atom is -0.338 e. The predicted octanol–water partition coefficient (Wildman–Crippen LogP) is 1.70. The van der Waals surface area contributed by atoms with Gasteiger partial charge in [0.05, 0.1) is 6.54 Å². The second-order valence-electron chi connectivity index (χ2n) is 4.91. The Balaban J connectivity index is 2.29. The van der Waals surface area contributed by atoms with Crippen molar-refractivity contribution < 1.29 is 4.52 Å². The molecule has 0 aliphatic carbocycles. The lowest BCUT2D eigenvalue weighted by Crippen LogP contribution is -2.25. The van der Waals surface area contributed by atoms with Gasteiger partial charge < -0.3 is 14.7 Å². The lowest BCUT2D eigenvalue weighted by molar-refractivity contribution is 0.302. The van der Waals surface area contributed by atoms with Crippen molar-refractivity contribution in [1.29, 1.82) is 0 Å². The molecule has 0 aliphatic heterocycles. The molecule has 0 amide bonds. The normalized spacial score (nSPS) is 11.7. The van der Waals surface area contributed by atoms with Crippen molar-refractivity contribution in [3.63, 3.8) is 0 Å². The van der Waals surface area contributed by atoms with E-state index in [9.17, 15) is 0 Å². The summed E-state index contributed by atoms with van der Waals surface area (Å²) in [4.78, 5) is 6.73. The minimum absolute atomic E-state index is 0.634. The molecule has 18 heavy (non-hydrogen) atoms. The van der Waals surface area contributed by atoms with Crippen molar-refractivity contribution in [3.8, 4) is 0 Å². The smallest absolute Gasteiger partial charge is 0.240 e. The Morgan fingerprint density at radius 2 is 2.00 bits per heavy atom. The maximum absolute atomic E-state index is 5.20. The van der Waals surface area contributed by atoms with Crippen LogP contribution in [0.25, 0.3) is 0 Å². The highest BCUT2D eigenvalue weighted by Gasteiger charge is 2.07. The average molecular weight is 254 g/mol. The maximum Gasteiger partial charge on any atom is 0.240 e. The molecular formula is C13H26N4O. The van der Waals surface area contributed by atoms with Gasteiger partial charge in [0, 0.05) is 13.0 Å². The molecular weight excluding hydrogens is 228 g/mol. The third-order valence-electron chi connectivity index (χ3n) is 2.89. The van der Waals surface area contributed by atoms with E-state index in [0.29, 0.717) is 18.4 Å². The summed E-state index contributed by atoms with van der Waals surface area (Å²) in [5, 5.41) is 7.30. The van der Waals surface area contributed by atoms with Crippen LogP contribution in [-0.2, 0) is 13.0 Å². The van der Waals surface area contributed by atoms with Gasteiger partial charge in [0.2, 0.25) is 5.89 Å². The van der Waals surface area contributed by atoms with Crippen molar-refractivity contribution in [3.05, 3.63) is 11.7 Å². The lowest BCUT2D eigenvalue weighted by atomic mass is 10.2. The zero-order valence-corrected chi connectivity index (χ0v) is 12.1. The van der Waals surface area contributed by atoms with Crippen LogP contribution in [0, 0.1) is 5.92 Å². The summed E-state index contributed by atoms with van der Waals surface area (Å²) >= 11 is 0. The molecule has 0 aliphatic rings. The SMILES string of the molecule is CCN(CC)CCc1noc(CNCC(C)C)n1. The fraction of sp³-hybridized carbons (Fsp3) is 0.846. The number of hydrogen-bond acceptors (Lipinski definition) is 5. The third-order valence-corrected chi connectivity index (χ3v) is 2.89. The van der Waals surface area contributed by atoms with Gasteiger partial charge in [-0.15, -0.1) is 0 Å². The van der Waals surface area contributed by atoms with Gasteiger partial charge in [0.15, 0.2) is 5.82 Å². The van der Waals surface area contributed by atoms with E-state index in [1.807, 2.05) is 0 Å². The number of aromatic nitrogens is 2. The molecule has 0 atom stereocenters. The Labute approximate surface area is 110 Å². The van der Waals surface area contributed by atoms with E-state index < -0.39 is 0 Å². The Bertz CT molecular complexity index is 321. The molecule has 104 valence electrons. The molecule has 0 unspecified atom stereocenters. The van der Waals surface area contributed by atoms with E-state index in [-0.39, 0.29) is 0 Å². The number of nitrogens with one attached hydrogen (secondary N) is 1. The summed E-state index contributed by atoms with van der Waals surface area (Å²) in [7, 11) is 0. The van der Waals surface area contributed by atoms with Gasteiger partial charge in [-0.1, -0.05) is 32.9 Å². The van der Waals surface area contributed by atoms with Crippen LogP contribution in [0.2, 0.25) is 0 Å². The second-order valence-corrected chi connectivity index (χ2v) is 4.91. The molecule has 1 aromatic heterocycles. The zero-order valence-electron chi connectivity index (χ0n) is 12.1. The fourth-order valence-electron chi connectivity index (χ4n) is 1.73. The predicted molar refractivity (Wildman–Crippen MR) is 72.3 cm³/mol. The largest absolute Gasteiger partial charge is 0.338 e. The first-order valence-electron chi connectivity index (χ1n) is 6.90. The van der Waals surface area contributed by atoms with E-state index in [2.05, 4.69) is 48.1 Å². The molecule has 0 radical (unpaired) electrons. The number of nitrogens with zero attached hydrogens (tertiary/aromatic N) is 3. The minimum atomic E-state index is 0.634. The molecule has 0 spiro atoms. The summed E-state index contributed by atoms with van der Waals surface area (Å²) in [5.41, 5.74) is 0. The summed E-state index contributed by atoms with van der Waals surface area (Å²) in [6, 6.07) is 0. The van der Waals surface area contributed by atoms with Crippen molar-refractivity contribution in [2.45, 2.75) is 40.7 Å². The van der Waals surface area contributed by atoms with Crippen LogP contribution >= 0.6 is 0 Å². The zero-order chi connectivity index (χ0) is 13.4. The Morgan fingerprint density at radius 1 is 1.28 bits per heavy atom. The van der Waals surface area contributed by atoms with Crippen molar-refractivity contribution in [2.75, 3.05) is 26.2 Å². The Kier molecular flexibility index (Phi) is 6.90. The van der Waals surface area contributed by atoms with Crippen LogP contribution < -0.4 is 5.32 Å². The summed E-state index contributed by atoms with van der Waals surface area (Å²) in [6.07, 6.45) is 0.857. The van der Waals surface area contributed by atoms with E-state index in [1.165, 1.54) is 0 Å². The number of rotatable bonds is 9. The summed E-state index contributed by atoms with van der Waals surface area (Å²) in [6.45, 7) is 13.4. The quantitative estimate of drug-likeness (QED) is 0.727. The van der Waals surface area contributed by atoms with Gasteiger partial charge in [-0.25, -0.2) is 0 Å². The standard InChI is InChI=1S/C13H26N4O/c1-5-17(6-2)8-7-12-15-13(18-16-12)10-14-9-11(3)4/h11,14H,5-10H2,1-4H3. The van der Waals surface area contributed by atoms with Crippen LogP contribution in [0.3, 0.4) is 0 Å². The number of hydrogen-bond donors (Lipinski definition) is 1. The molecule has 1 aromatic rings. The first kappa shape index (κ1) is 15.1. The Morgan fingerprint density at radius 3 is 2.61 bits per heavy atom. The molecule has 5 heteroatoms. The van der Waals surface area contributed by atoms with E-state index in [1.54, 1.807) is 0 Å². The van der Waals surface area contributed by atoms with E-state index >= 15 is 0 Å². The van der Waals surface area contributed by atoms with Gasteiger partial charge in [-0.05, 0) is 25.6 Å². The van der Waals surface area contributed by atoms with Gasteiger partial charge in [0.1, 0.15) is 0 Å². The second kappa shape index (κ2) is 8.21. The highest BCUT2D eigenvalue weighted by atomic mass is 16.5. The van der Waals surface area contributed by atoms with Crippen LogP contribution in [-0.4, -0.2) is 41.2 Å². The Hall–Kier alpha value is -0.940. The third kappa shape index (κ3) is 5.60.